The van der Waals surface area contributed by atoms with Gasteiger partial charge in [0.2, 0.25) is 0 Å². The van der Waals surface area contributed by atoms with Crippen LogP contribution in [0.5, 0.6) is 0 Å². The summed E-state index contributed by atoms with van der Waals surface area (Å²) in [6.45, 7) is 0. The third-order valence-electron chi connectivity index (χ3n) is 6.19. The summed E-state index contributed by atoms with van der Waals surface area (Å²) < 4.78 is 38.3. The van der Waals surface area contributed by atoms with Crippen LogP contribution in [0.3, 0.4) is 0 Å². The van der Waals surface area contributed by atoms with E-state index in [1.54, 1.807) is 24.3 Å². The average Bonchev–Trinajstić information content (AvgIpc) is 3.62. The number of Topliss-reactive ketones (excluding diaryl/α,β-unsaturated/α-hetero) is 1. The summed E-state index contributed by atoms with van der Waals surface area (Å²) in [4.78, 5) is 16.8. The highest BCUT2D eigenvalue weighted by Crippen LogP contribution is 2.48. The maximum atomic E-state index is 13.0. The topological polar surface area (TPSA) is 64.1 Å². The van der Waals surface area contributed by atoms with E-state index in [2.05, 4.69) is 17.1 Å². The highest BCUT2D eigenvalue weighted by Gasteiger charge is 2.43. The fourth-order valence-corrected chi connectivity index (χ4v) is 5.57. The van der Waals surface area contributed by atoms with E-state index in [4.69, 9.17) is 0 Å². The molecule has 0 spiro atoms. The molecule has 1 aromatic heterocycles. The smallest absolute Gasteiger partial charge is 0.184 e. The number of carbonyl (C=O) groups excluding carboxylic acids is 1. The Labute approximate surface area is 192 Å². The Morgan fingerprint density at radius 3 is 2.42 bits per heavy atom. The van der Waals surface area contributed by atoms with E-state index < -0.39 is 15.7 Å². The van der Waals surface area contributed by atoms with Crippen LogP contribution in [0.4, 0.5) is 4.39 Å². The Balaban J connectivity index is 1.23. The molecule has 1 unspecified atom stereocenters. The van der Waals surface area contributed by atoms with E-state index >= 15 is 0 Å². The molecule has 4 aromatic rings. The fraction of sp³-hybridized carbons (Fsp3) is 0.185. The molecule has 1 aliphatic carbocycles. The van der Waals surface area contributed by atoms with E-state index in [1.165, 1.54) is 12.1 Å². The molecule has 0 amide bonds. The molecule has 4 nitrogen and oxygen atoms in total. The summed E-state index contributed by atoms with van der Waals surface area (Å²) in [5.41, 5.74) is 2.29. The molecule has 0 aliphatic heterocycles. The van der Waals surface area contributed by atoms with Gasteiger partial charge in [-0.2, -0.15) is 0 Å². The Morgan fingerprint density at radius 2 is 1.70 bits per heavy atom. The lowest BCUT2D eigenvalue weighted by Crippen LogP contribution is -2.07. The monoisotopic (exact) mass is 459 g/mol. The zero-order valence-electron chi connectivity index (χ0n) is 17.8. The molecule has 6 heteroatoms. The Hall–Kier alpha value is -3.38. The number of nitrogens with zero attached hydrogens (tertiary/aromatic N) is 1. The summed E-state index contributed by atoms with van der Waals surface area (Å²) >= 11 is 0. The summed E-state index contributed by atoms with van der Waals surface area (Å²) in [6.07, 6.45) is 2.21. The second-order valence-corrected chi connectivity index (χ2v) is 10.6. The number of ketones is 1. The van der Waals surface area contributed by atoms with Gasteiger partial charge in [-0.1, -0.05) is 54.6 Å². The predicted octanol–water partition coefficient (Wildman–Crippen LogP) is 5.26. The van der Waals surface area contributed by atoms with Crippen molar-refractivity contribution >= 4 is 26.4 Å². The molecule has 1 aliphatic rings. The van der Waals surface area contributed by atoms with Crippen LogP contribution >= 0.6 is 0 Å². The molecule has 3 aromatic carbocycles. The molecule has 5 rings (SSSR count). The molecule has 166 valence electrons. The van der Waals surface area contributed by atoms with Crippen molar-refractivity contribution in [2.45, 2.75) is 29.4 Å². The quantitative estimate of drug-likeness (QED) is 0.378. The summed E-state index contributed by atoms with van der Waals surface area (Å²) in [5.74, 6) is -0.469. The molecule has 0 radical (unpaired) electrons. The van der Waals surface area contributed by atoms with Gasteiger partial charge in [-0.25, -0.2) is 12.8 Å². The minimum atomic E-state index is -3.59. The lowest BCUT2D eigenvalue weighted by Gasteiger charge is -2.07. The van der Waals surface area contributed by atoms with Crippen LogP contribution in [0, 0.1) is 11.7 Å². The van der Waals surface area contributed by atoms with Gasteiger partial charge in [0.05, 0.1) is 22.5 Å². The van der Waals surface area contributed by atoms with Crippen molar-refractivity contribution in [3.63, 3.8) is 0 Å². The van der Waals surface area contributed by atoms with Crippen LogP contribution in [0.2, 0.25) is 0 Å². The van der Waals surface area contributed by atoms with Crippen molar-refractivity contribution in [2.24, 2.45) is 5.92 Å². The van der Waals surface area contributed by atoms with Gasteiger partial charge in [0, 0.05) is 12.3 Å². The molecule has 0 N–H and O–H groups in total. The minimum absolute atomic E-state index is 0.0256. The number of fused-ring (bicyclic) bond motifs is 1. The first-order valence-electron chi connectivity index (χ1n) is 10.8. The second kappa shape index (κ2) is 8.52. The normalized spacial score (nSPS) is 17.7. The number of sulfone groups is 1. The van der Waals surface area contributed by atoms with E-state index in [0.29, 0.717) is 12.1 Å². The average molecular weight is 460 g/mol. The van der Waals surface area contributed by atoms with Crippen molar-refractivity contribution in [1.82, 2.24) is 4.98 Å². The number of rotatable bonds is 7. The van der Waals surface area contributed by atoms with Crippen molar-refractivity contribution in [1.29, 1.82) is 0 Å². The van der Waals surface area contributed by atoms with Crippen LogP contribution in [0.25, 0.3) is 10.8 Å². The first kappa shape index (κ1) is 21.5. The predicted molar refractivity (Wildman–Crippen MR) is 125 cm³/mol. The van der Waals surface area contributed by atoms with E-state index in [-0.39, 0.29) is 28.3 Å². The number of hydrogen-bond donors (Lipinski definition) is 0. The fourth-order valence-electron chi connectivity index (χ4n) is 4.29. The largest absolute Gasteiger partial charge is 0.299 e. The first-order valence-corrected chi connectivity index (χ1v) is 12.5. The number of halogens is 1. The third-order valence-corrected chi connectivity index (χ3v) is 7.86. The Morgan fingerprint density at radius 1 is 0.939 bits per heavy atom. The van der Waals surface area contributed by atoms with Crippen LogP contribution in [-0.2, 0) is 26.8 Å². The molecule has 2 atom stereocenters. The third kappa shape index (κ3) is 4.71. The van der Waals surface area contributed by atoms with Gasteiger partial charge in [0.15, 0.2) is 9.84 Å². The molecule has 33 heavy (non-hydrogen) atoms. The van der Waals surface area contributed by atoms with Crippen LogP contribution in [0.1, 0.15) is 29.2 Å². The van der Waals surface area contributed by atoms with Crippen molar-refractivity contribution < 1.29 is 17.6 Å². The maximum absolute atomic E-state index is 13.0. The van der Waals surface area contributed by atoms with Crippen molar-refractivity contribution in [3.8, 4) is 0 Å². The summed E-state index contributed by atoms with van der Waals surface area (Å²) in [5, 5.41) is 2.28. The van der Waals surface area contributed by atoms with Gasteiger partial charge < -0.3 is 0 Å². The molecule has 1 saturated carbocycles. The van der Waals surface area contributed by atoms with E-state index in [9.17, 15) is 17.6 Å². The zero-order valence-corrected chi connectivity index (χ0v) is 18.6. The van der Waals surface area contributed by atoms with E-state index in [0.717, 1.165) is 34.5 Å². The highest BCUT2D eigenvalue weighted by atomic mass is 32.2. The van der Waals surface area contributed by atoms with E-state index in [1.807, 2.05) is 30.3 Å². The molecular formula is C27H22FNO3S. The van der Waals surface area contributed by atoms with Crippen LogP contribution < -0.4 is 0 Å². The van der Waals surface area contributed by atoms with Gasteiger partial charge in [-0.3, -0.25) is 9.78 Å². The molecule has 1 fully saturated rings. The zero-order chi connectivity index (χ0) is 23.0. The lowest BCUT2D eigenvalue weighted by molar-refractivity contribution is -0.119. The number of carbonyl (C=O) groups is 1. The molecule has 0 saturated heterocycles. The Bertz CT molecular complexity index is 1430. The molecule has 0 bridgehead atoms. The summed E-state index contributed by atoms with van der Waals surface area (Å²) in [6, 6.07) is 23.5. The van der Waals surface area contributed by atoms with Gasteiger partial charge in [0.25, 0.3) is 0 Å². The lowest BCUT2D eigenvalue weighted by atomic mass is 10.00. The van der Waals surface area contributed by atoms with Gasteiger partial charge >= 0.3 is 0 Å². The maximum Gasteiger partial charge on any atom is 0.184 e. The number of hydrogen-bond acceptors (Lipinski definition) is 4. The van der Waals surface area contributed by atoms with Gasteiger partial charge in [-0.15, -0.1) is 0 Å². The number of pyridine rings is 1. The van der Waals surface area contributed by atoms with Crippen LogP contribution in [0.15, 0.2) is 90.0 Å². The van der Waals surface area contributed by atoms with Gasteiger partial charge in [-0.05, 0) is 58.5 Å². The molecule has 1 heterocycles. The second-order valence-electron chi connectivity index (χ2n) is 8.57. The highest BCUT2D eigenvalue weighted by molar-refractivity contribution is 7.90. The number of aromatic nitrogens is 1. The SMILES string of the molecule is O=C(Cc1ccc2ccccc2c1)[C@@H]1CC1c1ccc(S(=O)(=O)Cc2ccc(F)cn2)cc1. The van der Waals surface area contributed by atoms with Crippen LogP contribution in [-0.4, -0.2) is 19.2 Å². The number of benzene rings is 3. The minimum Gasteiger partial charge on any atom is -0.299 e. The molecular weight excluding hydrogens is 437 g/mol. The first-order chi connectivity index (χ1) is 15.9. The van der Waals surface area contributed by atoms with Crippen molar-refractivity contribution in [3.05, 3.63) is 108 Å². The standard InChI is InChI=1S/C27H22FNO3S/c28-22-9-10-23(29-16-22)17-33(31,32)24-11-7-20(8-12-24)25-15-26(25)27(30)14-18-5-6-19-3-1-2-4-21(19)13-18/h1-13,16,25-26H,14-15,17H2/t25?,26-/m1/s1. The summed E-state index contributed by atoms with van der Waals surface area (Å²) in [7, 11) is -3.59. The van der Waals surface area contributed by atoms with Crippen molar-refractivity contribution in [2.75, 3.05) is 0 Å². The Kier molecular flexibility index (Phi) is 5.54. The van der Waals surface area contributed by atoms with Gasteiger partial charge in [0.1, 0.15) is 11.6 Å².